The monoisotopic (exact) mass is 179 g/mol. The first kappa shape index (κ1) is 9.71. The molecule has 13 heavy (non-hydrogen) atoms. The molecule has 0 unspecified atom stereocenters. The molecule has 0 saturated heterocycles. The van der Waals surface area contributed by atoms with Crippen molar-refractivity contribution in [3.05, 3.63) is 39.4 Å². The maximum Gasteiger partial charge on any atom is 0.269 e. The third kappa shape index (κ3) is 2.28. The molecule has 0 aromatic heterocycles. The van der Waals surface area contributed by atoms with Crippen LogP contribution in [0.3, 0.4) is 0 Å². The number of benzene rings is 1. The minimum atomic E-state index is -0.349. The third-order valence-corrected chi connectivity index (χ3v) is 2.06. The van der Waals surface area contributed by atoms with Gasteiger partial charge in [0, 0.05) is 12.1 Å². The number of nitrogens with zero attached hydrogens (tertiary/aromatic N) is 1. The van der Waals surface area contributed by atoms with Crippen LogP contribution in [0, 0.1) is 17.0 Å². The van der Waals surface area contributed by atoms with Crippen molar-refractivity contribution in [1.82, 2.24) is 0 Å². The molecule has 0 heterocycles. The number of hydrogen-bond acceptors (Lipinski definition) is 2. The van der Waals surface area contributed by atoms with Gasteiger partial charge in [0.15, 0.2) is 0 Å². The van der Waals surface area contributed by atoms with Gasteiger partial charge >= 0.3 is 0 Å². The first-order valence-electron chi connectivity index (χ1n) is 4.39. The number of hydrogen-bond donors (Lipinski definition) is 0. The quantitative estimate of drug-likeness (QED) is 0.529. The van der Waals surface area contributed by atoms with Gasteiger partial charge in [-0.15, -0.1) is 0 Å². The highest BCUT2D eigenvalue weighted by Gasteiger charge is 2.07. The van der Waals surface area contributed by atoms with Crippen LogP contribution in [0.5, 0.6) is 0 Å². The van der Waals surface area contributed by atoms with Gasteiger partial charge in [0.2, 0.25) is 0 Å². The van der Waals surface area contributed by atoms with E-state index < -0.39 is 0 Å². The Kier molecular flexibility index (Phi) is 3.01. The number of non-ortho nitro benzene ring substituents is 1. The first-order valence-corrected chi connectivity index (χ1v) is 4.39. The third-order valence-electron chi connectivity index (χ3n) is 2.06. The second kappa shape index (κ2) is 4.03. The summed E-state index contributed by atoms with van der Waals surface area (Å²) in [5.41, 5.74) is 2.40. The predicted molar refractivity (Wildman–Crippen MR) is 51.8 cm³/mol. The predicted octanol–water partition coefficient (Wildman–Crippen LogP) is 2.86. The summed E-state index contributed by atoms with van der Waals surface area (Å²) in [5.74, 6) is 0. The van der Waals surface area contributed by atoms with E-state index >= 15 is 0 Å². The Balaban J connectivity index is 3.03. The summed E-state index contributed by atoms with van der Waals surface area (Å²) in [6.07, 6.45) is 1.93. The van der Waals surface area contributed by atoms with Crippen molar-refractivity contribution in [2.45, 2.75) is 26.7 Å². The van der Waals surface area contributed by atoms with Crippen LogP contribution >= 0.6 is 0 Å². The number of rotatable bonds is 3. The lowest BCUT2D eigenvalue weighted by Crippen LogP contribution is -1.93. The van der Waals surface area contributed by atoms with E-state index in [0.29, 0.717) is 0 Å². The summed E-state index contributed by atoms with van der Waals surface area (Å²) < 4.78 is 0. The number of nitro benzene ring substituents is 1. The maximum atomic E-state index is 10.5. The molecule has 0 aliphatic carbocycles. The highest BCUT2D eigenvalue weighted by atomic mass is 16.6. The van der Waals surface area contributed by atoms with Crippen LogP contribution in [0.15, 0.2) is 18.2 Å². The first-order chi connectivity index (χ1) is 6.15. The topological polar surface area (TPSA) is 43.1 Å². The molecule has 1 rings (SSSR count). The fraction of sp³-hybridized carbons (Fsp3) is 0.400. The molecular weight excluding hydrogens is 166 g/mol. The lowest BCUT2D eigenvalue weighted by atomic mass is 10.0. The summed E-state index contributed by atoms with van der Waals surface area (Å²) in [4.78, 5) is 10.1. The molecule has 0 aliphatic rings. The van der Waals surface area contributed by atoms with Crippen molar-refractivity contribution >= 4 is 5.69 Å². The average Bonchev–Trinajstić information content (AvgIpc) is 2.08. The molecule has 3 heteroatoms. The largest absolute Gasteiger partial charge is 0.269 e. The normalized spacial score (nSPS) is 10.0. The minimum absolute atomic E-state index is 0.189. The summed E-state index contributed by atoms with van der Waals surface area (Å²) in [6.45, 7) is 4.05. The van der Waals surface area contributed by atoms with Crippen LogP contribution in [0.2, 0.25) is 0 Å². The zero-order chi connectivity index (χ0) is 9.84. The summed E-state index contributed by atoms with van der Waals surface area (Å²) in [5, 5.41) is 10.5. The SMILES string of the molecule is CCCc1cc([N+](=O)[O-])ccc1C. The second-order valence-electron chi connectivity index (χ2n) is 3.12. The second-order valence-corrected chi connectivity index (χ2v) is 3.12. The molecule has 1 aromatic rings. The van der Waals surface area contributed by atoms with Gasteiger partial charge in [0.05, 0.1) is 4.92 Å². The van der Waals surface area contributed by atoms with Crippen LogP contribution in [0.1, 0.15) is 24.5 Å². The highest BCUT2D eigenvalue weighted by molar-refractivity contribution is 5.39. The van der Waals surface area contributed by atoms with Crippen LogP contribution in [0.4, 0.5) is 5.69 Å². The summed E-state index contributed by atoms with van der Waals surface area (Å²) >= 11 is 0. The molecule has 70 valence electrons. The van der Waals surface area contributed by atoms with Crippen molar-refractivity contribution in [2.24, 2.45) is 0 Å². The highest BCUT2D eigenvalue weighted by Crippen LogP contribution is 2.18. The van der Waals surface area contributed by atoms with Crippen LogP contribution in [-0.2, 0) is 6.42 Å². The molecule has 0 fully saturated rings. The molecule has 3 nitrogen and oxygen atoms in total. The summed E-state index contributed by atoms with van der Waals surface area (Å²) in [6, 6.07) is 5.02. The molecule has 0 radical (unpaired) electrons. The Morgan fingerprint density at radius 1 is 1.46 bits per heavy atom. The lowest BCUT2D eigenvalue weighted by molar-refractivity contribution is -0.384. The van der Waals surface area contributed by atoms with Gasteiger partial charge in [0.25, 0.3) is 5.69 Å². The average molecular weight is 179 g/mol. The van der Waals surface area contributed by atoms with E-state index in [0.717, 1.165) is 24.0 Å². The van der Waals surface area contributed by atoms with E-state index in [-0.39, 0.29) is 10.6 Å². The zero-order valence-electron chi connectivity index (χ0n) is 7.91. The van der Waals surface area contributed by atoms with Crippen LogP contribution < -0.4 is 0 Å². The van der Waals surface area contributed by atoms with Gasteiger partial charge in [-0.2, -0.15) is 0 Å². The van der Waals surface area contributed by atoms with E-state index in [4.69, 9.17) is 0 Å². The van der Waals surface area contributed by atoms with Crippen molar-refractivity contribution < 1.29 is 4.92 Å². The van der Waals surface area contributed by atoms with Crippen LogP contribution in [0.25, 0.3) is 0 Å². The number of aryl methyl sites for hydroxylation is 2. The van der Waals surface area contributed by atoms with Gasteiger partial charge in [-0.25, -0.2) is 0 Å². The molecule has 0 N–H and O–H groups in total. The Morgan fingerprint density at radius 3 is 2.69 bits per heavy atom. The molecule has 0 aliphatic heterocycles. The maximum absolute atomic E-state index is 10.5. The van der Waals surface area contributed by atoms with Gasteiger partial charge < -0.3 is 0 Å². The Bertz CT molecular complexity index is 321. The van der Waals surface area contributed by atoms with Crippen molar-refractivity contribution in [2.75, 3.05) is 0 Å². The molecular formula is C10H13NO2. The van der Waals surface area contributed by atoms with Crippen molar-refractivity contribution in [3.8, 4) is 0 Å². The fourth-order valence-corrected chi connectivity index (χ4v) is 1.31. The molecule has 1 aromatic carbocycles. The zero-order valence-corrected chi connectivity index (χ0v) is 7.91. The van der Waals surface area contributed by atoms with E-state index in [1.54, 1.807) is 12.1 Å². The molecule has 0 spiro atoms. The van der Waals surface area contributed by atoms with E-state index in [9.17, 15) is 10.1 Å². The van der Waals surface area contributed by atoms with Crippen molar-refractivity contribution in [1.29, 1.82) is 0 Å². The standard InChI is InChI=1S/C10H13NO2/c1-3-4-9-7-10(11(12)13)6-5-8(9)2/h5-7H,3-4H2,1-2H3. The van der Waals surface area contributed by atoms with E-state index in [1.165, 1.54) is 0 Å². The van der Waals surface area contributed by atoms with E-state index in [2.05, 4.69) is 6.92 Å². The Hall–Kier alpha value is -1.38. The van der Waals surface area contributed by atoms with Gasteiger partial charge in [-0.1, -0.05) is 19.4 Å². The smallest absolute Gasteiger partial charge is 0.258 e. The number of nitro groups is 1. The Labute approximate surface area is 77.5 Å². The minimum Gasteiger partial charge on any atom is -0.258 e. The molecule has 0 atom stereocenters. The van der Waals surface area contributed by atoms with Gasteiger partial charge in [-0.05, 0) is 24.5 Å². The van der Waals surface area contributed by atoms with Gasteiger partial charge in [0.1, 0.15) is 0 Å². The molecule has 0 amide bonds. The van der Waals surface area contributed by atoms with Gasteiger partial charge in [-0.3, -0.25) is 10.1 Å². The lowest BCUT2D eigenvalue weighted by Gasteiger charge is -2.02. The molecule has 0 saturated carbocycles. The van der Waals surface area contributed by atoms with Crippen molar-refractivity contribution in [3.63, 3.8) is 0 Å². The van der Waals surface area contributed by atoms with Crippen LogP contribution in [-0.4, -0.2) is 4.92 Å². The molecule has 0 bridgehead atoms. The fourth-order valence-electron chi connectivity index (χ4n) is 1.31. The summed E-state index contributed by atoms with van der Waals surface area (Å²) in [7, 11) is 0. The van der Waals surface area contributed by atoms with E-state index in [1.807, 2.05) is 13.0 Å². The Morgan fingerprint density at radius 2 is 2.15 bits per heavy atom.